The zero-order valence-electron chi connectivity index (χ0n) is 11.1. The number of hydrogen-bond acceptors (Lipinski definition) is 1. The molecule has 0 bridgehead atoms. The highest BCUT2D eigenvalue weighted by atomic mass is 15.1. The lowest BCUT2D eigenvalue weighted by Gasteiger charge is -2.17. The Balaban J connectivity index is 2.18. The summed E-state index contributed by atoms with van der Waals surface area (Å²) >= 11 is 0. The summed E-state index contributed by atoms with van der Waals surface area (Å²) < 4.78 is 0. The Kier molecular flexibility index (Phi) is 2.95. The van der Waals surface area contributed by atoms with Gasteiger partial charge in [-0.3, -0.25) is 5.10 Å². The smallest absolute Gasteiger partial charge is 0.0635 e. The molecule has 0 saturated carbocycles. The number of nitrogens with zero attached hydrogens (tertiary/aromatic N) is 1. The Hall–Kier alpha value is -2.29. The molecule has 1 unspecified atom stereocenters. The van der Waals surface area contributed by atoms with Gasteiger partial charge in [-0.15, -0.1) is 0 Å². The molecule has 96 valence electrons. The van der Waals surface area contributed by atoms with E-state index < -0.39 is 0 Å². The van der Waals surface area contributed by atoms with E-state index in [4.69, 9.17) is 0 Å². The minimum absolute atomic E-state index is 0.228. The monoisotopic (exact) mass is 251 g/mol. The molecule has 1 aromatic carbocycles. The Labute approximate surface area is 112 Å². The molecule has 0 radical (unpaired) electrons. The fraction of sp³-hybridized carbons (Fsp3) is 0.188. The first-order valence-electron chi connectivity index (χ1n) is 6.46. The molecule has 2 N–H and O–H groups in total. The number of aryl methyl sites for hydroxylation is 2. The van der Waals surface area contributed by atoms with E-state index in [1.54, 1.807) is 0 Å². The van der Waals surface area contributed by atoms with Crippen molar-refractivity contribution in [3.05, 3.63) is 76.9 Å². The number of hydrogen-bond donors (Lipinski definition) is 2. The largest absolute Gasteiger partial charge is 0.367 e. The number of nitrogens with one attached hydrogen (secondary N) is 2. The van der Waals surface area contributed by atoms with Crippen molar-refractivity contribution in [2.75, 3.05) is 0 Å². The van der Waals surface area contributed by atoms with E-state index in [0.29, 0.717) is 0 Å². The second-order valence-corrected chi connectivity index (χ2v) is 4.84. The van der Waals surface area contributed by atoms with Crippen molar-refractivity contribution in [3.63, 3.8) is 0 Å². The van der Waals surface area contributed by atoms with Crippen LogP contribution in [-0.2, 0) is 0 Å². The van der Waals surface area contributed by atoms with Gasteiger partial charge >= 0.3 is 0 Å². The van der Waals surface area contributed by atoms with Gasteiger partial charge in [0.2, 0.25) is 0 Å². The van der Waals surface area contributed by atoms with Gasteiger partial charge in [-0.1, -0.05) is 30.3 Å². The lowest BCUT2D eigenvalue weighted by atomic mass is 9.85. The summed E-state index contributed by atoms with van der Waals surface area (Å²) in [6, 6.07) is 12.7. The Morgan fingerprint density at radius 3 is 2.37 bits per heavy atom. The zero-order valence-corrected chi connectivity index (χ0v) is 11.1. The van der Waals surface area contributed by atoms with Crippen LogP contribution < -0.4 is 0 Å². The van der Waals surface area contributed by atoms with E-state index in [1.165, 1.54) is 16.7 Å². The predicted octanol–water partition coefficient (Wildman–Crippen LogP) is 3.53. The van der Waals surface area contributed by atoms with Crippen LogP contribution in [0.2, 0.25) is 0 Å². The molecule has 0 fully saturated rings. The molecule has 3 aromatic rings. The third-order valence-corrected chi connectivity index (χ3v) is 3.56. The number of benzene rings is 1. The third-order valence-electron chi connectivity index (χ3n) is 3.56. The van der Waals surface area contributed by atoms with Gasteiger partial charge in [-0.2, -0.15) is 5.10 Å². The van der Waals surface area contributed by atoms with Crippen molar-refractivity contribution in [1.29, 1.82) is 0 Å². The van der Waals surface area contributed by atoms with E-state index >= 15 is 0 Å². The van der Waals surface area contributed by atoms with Crippen LogP contribution in [-0.4, -0.2) is 15.2 Å². The lowest BCUT2D eigenvalue weighted by Crippen LogP contribution is -2.04. The number of H-pyrrole nitrogens is 2. The number of aromatic nitrogens is 3. The fourth-order valence-electron chi connectivity index (χ4n) is 2.67. The van der Waals surface area contributed by atoms with E-state index in [2.05, 4.69) is 65.6 Å². The number of aromatic amines is 2. The molecular weight excluding hydrogens is 234 g/mol. The van der Waals surface area contributed by atoms with Crippen molar-refractivity contribution in [2.45, 2.75) is 19.8 Å². The molecule has 1 atom stereocenters. The first-order valence-corrected chi connectivity index (χ1v) is 6.46. The second kappa shape index (κ2) is 4.76. The van der Waals surface area contributed by atoms with E-state index in [9.17, 15) is 0 Å². The highest BCUT2D eigenvalue weighted by molar-refractivity contribution is 5.45. The topological polar surface area (TPSA) is 44.5 Å². The highest BCUT2D eigenvalue weighted by Gasteiger charge is 2.22. The molecule has 3 rings (SSSR count). The first-order chi connectivity index (χ1) is 9.27. The van der Waals surface area contributed by atoms with Crippen LogP contribution in [0.15, 0.2) is 48.8 Å². The standard InChI is InChI=1S/C16H17N3/c1-11-15(12(2)19-18-11)16(14-8-9-17-10-14)13-6-4-3-5-7-13/h3-10,16-17H,1-2H3,(H,18,19). The van der Waals surface area contributed by atoms with Crippen LogP contribution in [0.4, 0.5) is 0 Å². The summed E-state index contributed by atoms with van der Waals surface area (Å²) in [5.74, 6) is 0.228. The maximum Gasteiger partial charge on any atom is 0.0635 e. The lowest BCUT2D eigenvalue weighted by molar-refractivity contribution is 0.953. The van der Waals surface area contributed by atoms with Gasteiger partial charge < -0.3 is 4.98 Å². The van der Waals surface area contributed by atoms with Crippen LogP contribution >= 0.6 is 0 Å². The molecule has 0 aliphatic carbocycles. The minimum atomic E-state index is 0.228. The molecule has 0 amide bonds. The summed E-state index contributed by atoms with van der Waals surface area (Å²) in [5, 5.41) is 7.43. The summed E-state index contributed by atoms with van der Waals surface area (Å²) in [6.07, 6.45) is 4.03. The molecule has 0 aliphatic rings. The van der Waals surface area contributed by atoms with Crippen molar-refractivity contribution in [1.82, 2.24) is 15.2 Å². The van der Waals surface area contributed by atoms with Gasteiger partial charge in [-0.25, -0.2) is 0 Å². The molecule has 2 aromatic heterocycles. The van der Waals surface area contributed by atoms with E-state index in [-0.39, 0.29) is 5.92 Å². The zero-order chi connectivity index (χ0) is 13.2. The van der Waals surface area contributed by atoms with Gasteiger partial charge in [-0.05, 0) is 31.0 Å². The van der Waals surface area contributed by atoms with Gasteiger partial charge in [0.05, 0.1) is 5.69 Å². The SMILES string of the molecule is Cc1n[nH]c(C)c1C(c1ccccc1)c1cc[nH]c1. The Morgan fingerprint density at radius 1 is 1.00 bits per heavy atom. The molecule has 19 heavy (non-hydrogen) atoms. The quantitative estimate of drug-likeness (QED) is 0.734. The minimum Gasteiger partial charge on any atom is -0.367 e. The summed E-state index contributed by atoms with van der Waals surface area (Å²) in [5.41, 5.74) is 6.01. The van der Waals surface area contributed by atoms with Crippen LogP contribution in [0, 0.1) is 13.8 Å². The maximum absolute atomic E-state index is 4.34. The first kappa shape index (κ1) is 11.8. The number of rotatable bonds is 3. The van der Waals surface area contributed by atoms with Crippen LogP contribution in [0.25, 0.3) is 0 Å². The molecular formula is C16H17N3. The van der Waals surface area contributed by atoms with E-state index in [0.717, 1.165) is 11.4 Å². The molecule has 0 spiro atoms. The van der Waals surface area contributed by atoms with E-state index in [1.807, 2.05) is 12.3 Å². The second-order valence-electron chi connectivity index (χ2n) is 4.84. The van der Waals surface area contributed by atoms with Crippen molar-refractivity contribution < 1.29 is 0 Å². The maximum atomic E-state index is 4.34. The summed E-state index contributed by atoms with van der Waals surface area (Å²) in [4.78, 5) is 3.15. The van der Waals surface area contributed by atoms with Gasteiger partial charge in [0, 0.05) is 29.6 Å². The summed E-state index contributed by atoms with van der Waals surface area (Å²) in [7, 11) is 0. The molecule has 3 nitrogen and oxygen atoms in total. The Morgan fingerprint density at radius 2 is 1.79 bits per heavy atom. The molecule has 0 aliphatic heterocycles. The van der Waals surface area contributed by atoms with Crippen LogP contribution in [0.3, 0.4) is 0 Å². The average molecular weight is 251 g/mol. The Bertz CT molecular complexity index is 631. The third kappa shape index (κ3) is 2.08. The van der Waals surface area contributed by atoms with Crippen LogP contribution in [0.1, 0.15) is 34.0 Å². The molecule has 0 saturated heterocycles. The average Bonchev–Trinajstić information content (AvgIpc) is 3.06. The molecule has 2 heterocycles. The fourth-order valence-corrected chi connectivity index (χ4v) is 2.67. The van der Waals surface area contributed by atoms with Gasteiger partial charge in [0.15, 0.2) is 0 Å². The van der Waals surface area contributed by atoms with Crippen molar-refractivity contribution >= 4 is 0 Å². The van der Waals surface area contributed by atoms with Crippen LogP contribution in [0.5, 0.6) is 0 Å². The van der Waals surface area contributed by atoms with Gasteiger partial charge in [0.25, 0.3) is 0 Å². The van der Waals surface area contributed by atoms with Crippen molar-refractivity contribution in [3.8, 4) is 0 Å². The summed E-state index contributed by atoms with van der Waals surface area (Å²) in [6.45, 7) is 4.14. The molecule has 3 heteroatoms. The normalized spacial score (nSPS) is 12.5. The predicted molar refractivity (Wildman–Crippen MR) is 76.2 cm³/mol. The van der Waals surface area contributed by atoms with Crippen molar-refractivity contribution in [2.24, 2.45) is 0 Å². The van der Waals surface area contributed by atoms with Gasteiger partial charge in [0.1, 0.15) is 0 Å². The highest BCUT2D eigenvalue weighted by Crippen LogP contribution is 2.34.